The first-order valence-corrected chi connectivity index (χ1v) is 12.0. The molecular weight excluding hydrogens is 399 g/mol. The van der Waals surface area contributed by atoms with Gasteiger partial charge in [-0.05, 0) is 64.5 Å². The Bertz CT molecular complexity index is 906. The first-order valence-electron chi connectivity index (χ1n) is 9.58. The van der Waals surface area contributed by atoms with Crippen molar-refractivity contribution in [3.8, 4) is 11.3 Å². The summed E-state index contributed by atoms with van der Waals surface area (Å²) >= 11 is 1.53. The van der Waals surface area contributed by atoms with Crippen molar-refractivity contribution in [1.82, 2.24) is 14.7 Å². The number of aryl methyl sites for hydroxylation is 1. The largest absolute Gasteiger partial charge is 0.359 e. The van der Waals surface area contributed by atoms with Gasteiger partial charge in [-0.1, -0.05) is 0 Å². The zero-order valence-electron chi connectivity index (χ0n) is 16.4. The molecule has 1 aliphatic carbocycles. The summed E-state index contributed by atoms with van der Waals surface area (Å²) in [5, 5.41) is 5.89. The number of pyridine rings is 1. The second-order valence-electron chi connectivity index (χ2n) is 7.61. The predicted molar refractivity (Wildman–Crippen MR) is 111 cm³/mol. The van der Waals surface area contributed by atoms with E-state index in [0.717, 1.165) is 42.1 Å². The van der Waals surface area contributed by atoms with Gasteiger partial charge in [-0.15, -0.1) is 11.3 Å². The van der Waals surface area contributed by atoms with Crippen molar-refractivity contribution in [2.75, 3.05) is 11.9 Å². The molecule has 0 saturated heterocycles. The lowest BCUT2D eigenvalue weighted by Crippen LogP contribution is -2.37. The van der Waals surface area contributed by atoms with E-state index in [1.165, 1.54) is 17.4 Å². The van der Waals surface area contributed by atoms with E-state index in [1.54, 1.807) is 26.8 Å². The van der Waals surface area contributed by atoms with Crippen molar-refractivity contribution in [3.63, 3.8) is 0 Å². The van der Waals surface area contributed by atoms with Crippen LogP contribution in [0.3, 0.4) is 0 Å². The van der Waals surface area contributed by atoms with E-state index >= 15 is 0 Å². The molecular formula is C19H27FN4O2S2. The molecule has 0 spiro atoms. The summed E-state index contributed by atoms with van der Waals surface area (Å²) in [6.07, 6.45) is 3.94. The van der Waals surface area contributed by atoms with E-state index in [0.29, 0.717) is 24.2 Å². The molecule has 0 atom stereocenters. The molecule has 0 amide bonds. The van der Waals surface area contributed by atoms with Gasteiger partial charge < -0.3 is 5.32 Å². The Labute approximate surface area is 170 Å². The number of rotatable bonds is 7. The molecule has 1 aliphatic rings. The van der Waals surface area contributed by atoms with E-state index in [-0.39, 0.29) is 0 Å². The Hall–Kier alpha value is -1.58. The van der Waals surface area contributed by atoms with E-state index in [2.05, 4.69) is 20.0 Å². The highest BCUT2D eigenvalue weighted by atomic mass is 32.2. The van der Waals surface area contributed by atoms with E-state index in [1.807, 2.05) is 5.38 Å². The van der Waals surface area contributed by atoms with Gasteiger partial charge in [0, 0.05) is 29.2 Å². The molecule has 0 aliphatic heterocycles. The third-order valence-electron chi connectivity index (χ3n) is 5.20. The average molecular weight is 427 g/mol. The normalized spacial score (nSPS) is 20.5. The first kappa shape index (κ1) is 21.1. The van der Waals surface area contributed by atoms with Crippen LogP contribution in [0.4, 0.5) is 9.52 Å². The second kappa shape index (κ2) is 8.84. The molecule has 0 aromatic carbocycles. The zero-order valence-corrected chi connectivity index (χ0v) is 18.0. The number of hydrogen-bond donors (Lipinski definition) is 2. The van der Waals surface area contributed by atoms with Crippen molar-refractivity contribution < 1.29 is 12.8 Å². The molecule has 3 rings (SSSR count). The summed E-state index contributed by atoms with van der Waals surface area (Å²) in [5.41, 5.74) is 2.27. The highest BCUT2D eigenvalue weighted by Crippen LogP contribution is 2.30. The third kappa shape index (κ3) is 5.27. The monoisotopic (exact) mass is 426 g/mol. The van der Waals surface area contributed by atoms with Crippen LogP contribution >= 0.6 is 11.3 Å². The van der Waals surface area contributed by atoms with Crippen LogP contribution in [0.5, 0.6) is 0 Å². The molecule has 2 aromatic rings. The van der Waals surface area contributed by atoms with Crippen molar-refractivity contribution in [2.45, 2.75) is 57.7 Å². The molecule has 2 N–H and O–H groups in total. The Kier molecular flexibility index (Phi) is 6.67. The van der Waals surface area contributed by atoms with Gasteiger partial charge in [0.05, 0.1) is 10.9 Å². The first-order chi connectivity index (χ1) is 13.2. The summed E-state index contributed by atoms with van der Waals surface area (Å²) in [6.45, 7) is 5.68. The van der Waals surface area contributed by atoms with Crippen LogP contribution in [0.15, 0.2) is 17.5 Å². The van der Waals surface area contributed by atoms with E-state index < -0.39 is 21.2 Å². The van der Waals surface area contributed by atoms with Gasteiger partial charge in [0.25, 0.3) is 0 Å². The number of halogens is 1. The Morgan fingerprint density at radius 1 is 1.21 bits per heavy atom. The Morgan fingerprint density at radius 3 is 2.57 bits per heavy atom. The number of anilines is 1. The molecule has 2 heterocycles. The van der Waals surface area contributed by atoms with Gasteiger partial charge in [-0.3, -0.25) is 0 Å². The minimum atomic E-state index is -3.19. The maximum absolute atomic E-state index is 13.2. The van der Waals surface area contributed by atoms with Crippen LogP contribution in [0, 0.1) is 18.8 Å². The van der Waals surface area contributed by atoms with Gasteiger partial charge in [0.1, 0.15) is 0 Å². The minimum absolute atomic E-state index is 0.337. The minimum Gasteiger partial charge on any atom is -0.359 e. The van der Waals surface area contributed by atoms with Gasteiger partial charge in [0.2, 0.25) is 16.0 Å². The molecule has 28 heavy (non-hydrogen) atoms. The number of aromatic nitrogens is 2. The maximum atomic E-state index is 13.2. The van der Waals surface area contributed by atoms with Crippen molar-refractivity contribution in [3.05, 3.63) is 29.2 Å². The Morgan fingerprint density at radius 2 is 1.93 bits per heavy atom. The SMILES string of the molecule is Cc1nc(F)ccc1-c1csc(NC2CCC(CNS(=O)(=O)C(C)C)CC2)n1. The summed E-state index contributed by atoms with van der Waals surface area (Å²) in [4.78, 5) is 8.48. The number of thiazole rings is 1. The van der Waals surface area contributed by atoms with Crippen LogP contribution in [-0.2, 0) is 10.0 Å². The number of sulfonamides is 1. The fourth-order valence-corrected chi connectivity index (χ4v) is 4.94. The van der Waals surface area contributed by atoms with Crippen molar-refractivity contribution in [2.24, 2.45) is 5.92 Å². The molecule has 1 saturated carbocycles. The lowest BCUT2D eigenvalue weighted by Gasteiger charge is -2.29. The van der Waals surface area contributed by atoms with Crippen LogP contribution in [0.1, 0.15) is 45.2 Å². The van der Waals surface area contributed by atoms with Gasteiger partial charge in [0.15, 0.2) is 5.13 Å². The Balaban J connectivity index is 1.51. The summed E-state index contributed by atoms with van der Waals surface area (Å²) in [5.74, 6) is -0.103. The molecule has 2 aromatic heterocycles. The molecule has 1 fully saturated rings. The number of nitrogens with one attached hydrogen (secondary N) is 2. The van der Waals surface area contributed by atoms with Crippen molar-refractivity contribution >= 4 is 26.5 Å². The fraction of sp³-hybridized carbons (Fsp3) is 0.579. The lowest BCUT2D eigenvalue weighted by molar-refractivity contribution is 0.337. The molecule has 154 valence electrons. The number of nitrogens with zero attached hydrogens (tertiary/aromatic N) is 2. The quantitative estimate of drug-likeness (QED) is 0.655. The van der Waals surface area contributed by atoms with E-state index in [4.69, 9.17) is 0 Å². The average Bonchev–Trinajstić information content (AvgIpc) is 3.09. The standard InChI is InChI=1S/C19H27FN4O2S2/c1-12(2)28(25,26)21-10-14-4-6-15(7-5-14)23-19-24-17(11-27-19)16-8-9-18(20)22-13(16)3/h8-9,11-12,14-15,21H,4-7,10H2,1-3H3,(H,23,24). The summed E-state index contributed by atoms with van der Waals surface area (Å²) in [6, 6.07) is 3.40. The molecule has 6 nitrogen and oxygen atoms in total. The molecule has 0 unspecified atom stereocenters. The third-order valence-corrected chi connectivity index (χ3v) is 7.78. The zero-order chi connectivity index (χ0) is 20.3. The van der Waals surface area contributed by atoms with E-state index in [9.17, 15) is 12.8 Å². The smallest absolute Gasteiger partial charge is 0.213 e. The summed E-state index contributed by atoms with van der Waals surface area (Å²) < 4.78 is 39.7. The predicted octanol–water partition coefficient (Wildman–Crippen LogP) is 3.95. The van der Waals surface area contributed by atoms with Gasteiger partial charge in [-0.2, -0.15) is 4.39 Å². The van der Waals surface area contributed by atoms with Gasteiger partial charge in [-0.25, -0.2) is 23.1 Å². The summed E-state index contributed by atoms with van der Waals surface area (Å²) in [7, 11) is -3.19. The second-order valence-corrected chi connectivity index (χ2v) is 10.8. The van der Waals surface area contributed by atoms with Crippen LogP contribution < -0.4 is 10.0 Å². The van der Waals surface area contributed by atoms with Crippen LogP contribution in [0.25, 0.3) is 11.3 Å². The molecule has 0 bridgehead atoms. The van der Waals surface area contributed by atoms with Gasteiger partial charge >= 0.3 is 0 Å². The fourth-order valence-electron chi connectivity index (χ4n) is 3.35. The topological polar surface area (TPSA) is 84.0 Å². The van der Waals surface area contributed by atoms with Crippen LogP contribution in [-0.4, -0.2) is 36.2 Å². The van der Waals surface area contributed by atoms with Crippen molar-refractivity contribution in [1.29, 1.82) is 0 Å². The lowest BCUT2D eigenvalue weighted by atomic mass is 9.86. The number of hydrogen-bond acceptors (Lipinski definition) is 6. The highest BCUT2D eigenvalue weighted by molar-refractivity contribution is 7.90. The molecule has 0 radical (unpaired) electrons. The van der Waals surface area contributed by atoms with Crippen LogP contribution in [0.2, 0.25) is 0 Å². The maximum Gasteiger partial charge on any atom is 0.213 e. The molecule has 9 heteroatoms. The highest BCUT2D eigenvalue weighted by Gasteiger charge is 2.24.